The van der Waals surface area contributed by atoms with E-state index in [1.54, 1.807) is 0 Å². The predicted octanol–water partition coefficient (Wildman–Crippen LogP) is 4.44. The van der Waals surface area contributed by atoms with Gasteiger partial charge in [0.2, 0.25) is 5.91 Å². The highest BCUT2D eigenvalue weighted by atomic mass is 32.2. The first kappa shape index (κ1) is 25.5. The minimum atomic E-state index is -1.72. The van der Waals surface area contributed by atoms with E-state index in [9.17, 15) is 14.1 Å². The van der Waals surface area contributed by atoms with Gasteiger partial charge in [-0.25, -0.2) is 4.21 Å². The van der Waals surface area contributed by atoms with Crippen molar-refractivity contribution in [2.75, 3.05) is 7.11 Å². The number of carbonyl (C=O) groups is 1. The summed E-state index contributed by atoms with van der Waals surface area (Å²) in [5.41, 5.74) is 0. The third-order valence-corrected chi connectivity index (χ3v) is 4.35. The number of aliphatic hydroxyl groups excluding tert-OH is 1. The second-order valence-corrected chi connectivity index (χ2v) is 7.08. The quantitative estimate of drug-likeness (QED) is 0.298. The molecular weight excluding hydrogens is 362 g/mol. The van der Waals surface area contributed by atoms with Crippen LogP contribution in [0.5, 0.6) is 0 Å². The summed E-state index contributed by atoms with van der Waals surface area (Å²) in [6.07, 6.45) is 23.7. The smallest absolute Gasteiger partial charge is 0.263 e. The summed E-state index contributed by atoms with van der Waals surface area (Å²) in [6.45, 7) is 2.12. The van der Waals surface area contributed by atoms with Gasteiger partial charge in [-0.1, -0.05) is 68.4 Å². The topological polar surface area (TPSA) is 75.6 Å². The highest BCUT2D eigenvalue weighted by Gasteiger charge is 2.03. The molecule has 27 heavy (non-hydrogen) atoms. The Morgan fingerprint density at radius 1 is 1.04 bits per heavy atom. The van der Waals surface area contributed by atoms with Gasteiger partial charge in [0.15, 0.2) is 0 Å². The lowest BCUT2D eigenvalue weighted by Crippen LogP contribution is -2.25. The molecule has 2 atom stereocenters. The van der Waals surface area contributed by atoms with Gasteiger partial charge in [0, 0.05) is 6.42 Å². The van der Waals surface area contributed by atoms with Crippen molar-refractivity contribution in [2.24, 2.45) is 0 Å². The normalized spacial score (nSPS) is 14.6. The van der Waals surface area contributed by atoms with E-state index < -0.39 is 11.3 Å². The minimum Gasteiger partial charge on any atom is -0.389 e. The lowest BCUT2D eigenvalue weighted by Gasteiger charge is -2.02. The molecule has 0 aliphatic heterocycles. The number of carbonyl (C=O) groups excluding carboxylic acids is 1. The monoisotopic (exact) mass is 397 g/mol. The zero-order valence-corrected chi connectivity index (χ0v) is 17.5. The molecule has 2 unspecified atom stereocenters. The number of rotatable bonds is 16. The standard InChI is InChI=1S/C21H35NO4S/c1-3-4-17-20(23)18-15-13-11-9-7-5-6-8-10-12-14-16-19-21(24)22-27(25)26-2/h5-6,9-12,15,18,20,23H,3-4,7-8,13-14,16-17,19H2,1-2H3,(H,22,24). The maximum atomic E-state index is 11.3. The van der Waals surface area contributed by atoms with E-state index in [4.69, 9.17) is 0 Å². The lowest BCUT2D eigenvalue weighted by molar-refractivity contribution is -0.119. The van der Waals surface area contributed by atoms with Crippen LogP contribution in [0.1, 0.15) is 64.7 Å². The van der Waals surface area contributed by atoms with E-state index in [2.05, 4.69) is 52.3 Å². The Labute approximate surface area is 167 Å². The van der Waals surface area contributed by atoms with Crippen LogP contribution in [0.15, 0.2) is 48.6 Å². The van der Waals surface area contributed by atoms with Crippen LogP contribution >= 0.6 is 0 Å². The maximum Gasteiger partial charge on any atom is 0.263 e. The van der Waals surface area contributed by atoms with Gasteiger partial charge in [0.05, 0.1) is 13.2 Å². The molecule has 1 amide bonds. The highest BCUT2D eigenvalue weighted by molar-refractivity contribution is 7.78. The molecule has 154 valence electrons. The predicted molar refractivity (Wildman–Crippen MR) is 113 cm³/mol. The van der Waals surface area contributed by atoms with Crippen LogP contribution in [-0.2, 0) is 20.2 Å². The second kappa shape index (κ2) is 19.3. The fourth-order valence-electron chi connectivity index (χ4n) is 2.15. The molecule has 0 saturated heterocycles. The Hall–Kier alpha value is -1.50. The number of allylic oxidation sites excluding steroid dienone is 7. The van der Waals surface area contributed by atoms with Crippen molar-refractivity contribution in [2.45, 2.75) is 70.8 Å². The molecule has 0 saturated carbocycles. The Balaban J connectivity index is 3.61. The van der Waals surface area contributed by atoms with Gasteiger partial charge in [-0.3, -0.25) is 13.7 Å². The summed E-state index contributed by atoms with van der Waals surface area (Å²) >= 11 is -1.72. The second-order valence-electron chi connectivity index (χ2n) is 6.08. The van der Waals surface area contributed by atoms with E-state index in [0.717, 1.165) is 51.4 Å². The molecule has 6 heteroatoms. The third-order valence-electron chi connectivity index (χ3n) is 3.65. The number of nitrogens with one attached hydrogen (secondary N) is 1. The molecule has 0 radical (unpaired) electrons. The summed E-state index contributed by atoms with van der Waals surface area (Å²) in [7, 11) is 1.28. The molecule has 0 rings (SSSR count). The maximum absolute atomic E-state index is 11.3. The Morgan fingerprint density at radius 2 is 1.63 bits per heavy atom. The number of aliphatic hydroxyl groups is 1. The molecule has 0 bridgehead atoms. The van der Waals surface area contributed by atoms with E-state index in [1.165, 1.54) is 7.11 Å². The number of unbranched alkanes of at least 4 members (excludes halogenated alkanes) is 2. The zero-order valence-electron chi connectivity index (χ0n) is 16.6. The van der Waals surface area contributed by atoms with Crippen molar-refractivity contribution in [1.29, 1.82) is 0 Å². The van der Waals surface area contributed by atoms with Gasteiger partial charge < -0.3 is 5.11 Å². The molecule has 0 aliphatic rings. The van der Waals surface area contributed by atoms with Crippen LogP contribution < -0.4 is 4.72 Å². The van der Waals surface area contributed by atoms with Gasteiger partial charge in [-0.2, -0.15) is 0 Å². The highest BCUT2D eigenvalue weighted by Crippen LogP contribution is 2.02. The van der Waals surface area contributed by atoms with Crippen LogP contribution in [0.4, 0.5) is 0 Å². The lowest BCUT2D eigenvalue weighted by atomic mass is 10.1. The zero-order chi connectivity index (χ0) is 20.2. The van der Waals surface area contributed by atoms with Crippen molar-refractivity contribution in [3.05, 3.63) is 48.6 Å². The molecule has 0 spiro atoms. The summed E-state index contributed by atoms with van der Waals surface area (Å²) < 4.78 is 17.6. The first-order valence-corrected chi connectivity index (χ1v) is 10.7. The average molecular weight is 398 g/mol. The van der Waals surface area contributed by atoms with E-state index in [-0.39, 0.29) is 12.0 Å². The minimum absolute atomic E-state index is 0.263. The molecule has 2 N–H and O–H groups in total. The van der Waals surface area contributed by atoms with Crippen molar-refractivity contribution < 1.29 is 18.3 Å². The first-order chi connectivity index (χ1) is 13.1. The molecule has 0 aromatic heterocycles. The van der Waals surface area contributed by atoms with Crippen molar-refractivity contribution in [3.63, 3.8) is 0 Å². The molecule has 0 fully saturated rings. The van der Waals surface area contributed by atoms with E-state index in [1.807, 2.05) is 12.2 Å². The summed E-state index contributed by atoms with van der Waals surface area (Å²) in [4.78, 5) is 11.3. The molecule has 0 heterocycles. The van der Waals surface area contributed by atoms with Crippen LogP contribution in [0.2, 0.25) is 0 Å². The average Bonchev–Trinajstić information content (AvgIpc) is 2.66. The Bertz CT molecular complexity index is 512. The van der Waals surface area contributed by atoms with Crippen molar-refractivity contribution in [3.8, 4) is 0 Å². The molecule has 0 aliphatic carbocycles. The summed E-state index contributed by atoms with van der Waals surface area (Å²) in [5, 5.41) is 9.66. The first-order valence-electron chi connectivity index (χ1n) is 9.65. The van der Waals surface area contributed by atoms with Gasteiger partial charge >= 0.3 is 0 Å². The van der Waals surface area contributed by atoms with Gasteiger partial charge in [0.1, 0.15) is 0 Å². The Morgan fingerprint density at radius 3 is 2.22 bits per heavy atom. The molecule has 5 nitrogen and oxygen atoms in total. The van der Waals surface area contributed by atoms with Crippen LogP contribution in [0.25, 0.3) is 0 Å². The van der Waals surface area contributed by atoms with E-state index in [0.29, 0.717) is 6.42 Å². The van der Waals surface area contributed by atoms with Gasteiger partial charge in [-0.15, -0.1) is 0 Å². The summed E-state index contributed by atoms with van der Waals surface area (Å²) in [5.74, 6) is -0.263. The van der Waals surface area contributed by atoms with E-state index >= 15 is 0 Å². The van der Waals surface area contributed by atoms with Crippen LogP contribution in [-0.4, -0.2) is 28.4 Å². The van der Waals surface area contributed by atoms with Crippen LogP contribution in [0.3, 0.4) is 0 Å². The third kappa shape index (κ3) is 19.1. The number of hydrogen-bond donors (Lipinski definition) is 2. The number of hydrogen-bond acceptors (Lipinski definition) is 4. The van der Waals surface area contributed by atoms with Gasteiger partial charge in [0.25, 0.3) is 11.3 Å². The molecular formula is C21H35NO4S. The largest absolute Gasteiger partial charge is 0.389 e. The van der Waals surface area contributed by atoms with Crippen LogP contribution in [0, 0.1) is 0 Å². The van der Waals surface area contributed by atoms with Crippen molar-refractivity contribution >= 4 is 17.2 Å². The Kier molecular flexibility index (Phi) is 18.2. The summed E-state index contributed by atoms with van der Waals surface area (Å²) in [6, 6.07) is 0. The SMILES string of the molecule is CCCCC(O)C=CCC=CCC=CCC=CCCCC(=O)NS(=O)OC. The number of amides is 1. The van der Waals surface area contributed by atoms with Crippen molar-refractivity contribution in [1.82, 2.24) is 4.72 Å². The fourth-order valence-corrected chi connectivity index (χ4v) is 2.52. The molecule has 0 aromatic carbocycles. The molecule has 0 aromatic rings. The van der Waals surface area contributed by atoms with Gasteiger partial charge in [-0.05, 0) is 38.5 Å². The fraction of sp³-hybridized carbons (Fsp3) is 0.571.